The summed E-state index contributed by atoms with van der Waals surface area (Å²) >= 11 is 0. The van der Waals surface area contributed by atoms with Crippen LogP contribution in [0.25, 0.3) is 0 Å². The Kier molecular flexibility index (Phi) is 6.53. The van der Waals surface area contributed by atoms with Gasteiger partial charge in [0.2, 0.25) is 0 Å². The largest absolute Gasteiger partial charge is 0.456 e. The lowest BCUT2D eigenvalue weighted by molar-refractivity contribution is 0.0985. The van der Waals surface area contributed by atoms with Gasteiger partial charge in [0.15, 0.2) is 0 Å². The van der Waals surface area contributed by atoms with Crippen LogP contribution in [0.3, 0.4) is 0 Å². The minimum absolute atomic E-state index is 0.00402. The number of nitrogens with zero attached hydrogens (tertiary/aromatic N) is 3. The molecule has 0 N–H and O–H groups in total. The third-order valence-electron chi connectivity index (χ3n) is 8.63. The molecule has 1 spiro atoms. The molecule has 0 radical (unpaired) electrons. The van der Waals surface area contributed by atoms with Crippen molar-refractivity contribution in [2.45, 2.75) is 40.2 Å². The number of hydrogen-bond donors (Lipinski definition) is 0. The van der Waals surface area contributed by atoms with E-state index in [1.165, 1.54) is 0 Å². The van der Waals surface area contributed by atoms with Gasteiger partial charge in [-0.15, -0.1) is 0 Å². The summed E-state index contributed by atoms with van der Waals surface area (Å²) in [6, 6.07) is 29.2. The number of fused-ring (bicyclic) bond motifs is 6. The van der Waals surface area contributed by atoms with Crippen molar-refractivity contribution in [1.82, 2.24) is 0 Å². The van der Waals surface area contributed by atoms with Gasteiger partial charge in [-0.25, -0.2) is 0 Å². The van der Waals surface area contributed by atoms with Crippen molar-refractivity contribution in [2.75, 3.05) is 40.9 Å². The number of para-hydroxylation sites is 1. The predicted octanol–water partition coefficient (Wildman–Crippen LogP) is 7.75. The minimum Gasteiger partial charge on any atom is -0.456 e. The van der Waals surface area contributed by atoms with Crippen LogP contribution < -0.4 is 19.4 Å². The predicted molar refractivity (Wildman–Crippen MR) is 164 cm³/mol. The summed E-state index contributed by atoms with van der Waals surface area (Å²) in [7, 11) is 0. The molecule has 4 aromatic carbocycles. The standard InChI is InChI=1S/C35H37N3O2/c1-6-36(7-2)25-18-20-29-32(22-25)40-33-23-26(37(8-3)9-4)19-21-30(33)35(29)28-16-12-11-15-27(28)34(39)38(35)31-17-13-10-14-24(31)5/h10-23H,6-9H2,1-5H3. The van der Waals surface area contributed by atoms with Crippen LogP contribution in [0.15, 0.2) is 84.9 Å². The smallest absolute Gasteiger partial charge is 0.260 e. The van der Waals surface area contributed by atoms with Gasteiger partial charge in [-0.3, -0.25) is 9.69 Å². The van der Waals surface area contributed by atoms with Gasteiger partial charge in [0.25, 0.3) is 5.91 Å². The van der Waals surface area contributed by atoms with E-state index in [1.807, 2.05) is 35.2 Å². The summed E-state index contributed by atoms with van der Waals surface area (Å²) in [5.74, 6) is 1.58. The average molecular weight is 532 g/mol. The Hall–Kier alpha value is -4.25. The molecule has 0 aromatic heterocycles. The maximum Gasteiger partial charge on any atom is 0.260 e. The molecule has 0 bridgehead atoms. The SMILES string of the molecule is CCN(CC)c1ccc2c(c1)Oc1cc(N(CC)CC)ccc1C21c2ccccc2C(=O)N1c1ccccc1C. The van der Waals surface area contributed by atoms with Gasteiger partial charge < -0.3 is 14.5 Å². The Balaban J connectivity index is 1.71. The fourth-order valence-electron chi connectivity index (χ4n) is 6.64. The second-order valence-corrected chi connectivity index (χ2v) is 10.5. The molecule has 5 nitrogen and oxygen atoms in total. The topological polar surface area (TPSA) is 36.0 Å². The van der Waals surface area contributed by atoms with Crippen LogP contribution in [0.5, 0.6) is 11.5 Å². The fourth-order valence-corrected chi connectivity index (χ4v) is 6.64. The van der Waals surface area contributed by atoms with Crippen LogP contribution >= 0.6 is 0 Å². The molecule has 2 heterocycles. The molecule has 5 heteroatoms. The van der Waals surface area contributed by atoms with Gasteiger partial charge in [0.05, 0.1) is 0 Å². The highest BCUT2D eigenvalue weighted by Gasteiger charge is 2.57. The van der Waals surface area contributed by atoms with Crippen molar-refractivity contribution in [1.29, 1.82) is 0 Å². The first kappa shape index (κ1) is 26.0. The molecular weight excluding hydrogens is 494 g/mol. The van der Waals surface area contributed by atoms with E-state index in [4.69, 9.17) is 4.74 Å². The van der Waals surface area contributed by atoms with Crippen LogP contribution in [-0.4, -0.2) is 32.1 Å². The zero-order chi connectivity index (χ0) is 28.0. The molecule has 0 atom stereocenters. The van der Waals surface area contributed by atoms with Crippen LogP contribution in [0.1, 0.15) is 60.3 Å². The summed E-state index contributed by atoms with van der Waals surface area (Å²) in [6.07, 6.45) is 0. The van der Waals surface area contributed by atoms with Gasteiger partial charge in [0, 0.05) is 77.6 Å². The highest BCUT2D eigenvalue weighted by atomic mass is 16.5. The summed E-state index contributed by atoms with van der Waals surface area (Å²) in [4.78, 5) is 21.1. The maximum atomic E-state index is 14.4. The molecule has 0 unspecified atom stereocenters. The number of amides is 1. The lowest BCUT2D eigenvalue weighted by Gasteiger charge is -2.45. The maximum absolute atomic E-state index is 14.4. The Bertz CT molecular complexity index is 1520. The summed E-state index contributed by atoms with van der Waals surface area (Å²) in [5.41, 5.74) is 6.99. The van der Waals surface area contributed by atoms with E-state index in [9.17, 15) is 4.79 Å². The molecule has 0 aliphatic carbocycles. The summed E-state index contributed by atoms with van der Waals surface area (Å²) < 4.78 is 6.80. The van der Waals surface area contributed by atoms with E-state index >= 15 is 0 Å². The monoisotopic (exact) mass is 531 g/mol. The van der Waals surface area contributed by atoms with Crippen molar-refractivity contribution in [3.63, 3.8) is 0 Å². The molecular formula is C35H37N3O2. The molecule has 1 amide bonds. The highest BCUT2D eigenvalue weighted by Crippen LogP contribution is 2.59. The zero-order valence-electron chi connectivity index (χ0n) is 24.1. The molecule has 6 rings (SSSR count). The van der Waals surface area contributed by atoms with E-state index in [-0.39, 0.29) is 5.91 Å². The van der Waals surface area contributed by atoms with Crippen LogP contribution in [0, 0.1) is 6.92 Å². The van der Waals surface area contributed by atoms with E-state index in [0.717, 1.165) is 82.6 Å². The van der Waals surface area contributed by atoms with Gasteiger partial charge in [0.1, 0.15) is 17.0 Å². The normalized spacial score (nSPS) is 14.4. The van der Waals surface area contributed by atoms with Crippen LogP contribution in [-0.2, 0) is 5.54 Å². The third-order valence-corrected chi connectivity index (χ3v) is 8.63. The molecule has 2 aliphatic heterocycles. The number of ether oxygens (including phenoxy) is 1. The molecule has 4 aromatic rings. The summed E-state index contributed by atoms with van der Waals surface area (Å²) in [6.45, 7) is 14.4. The van der Waals surface area contributed by atoms with E-state index in [1.54, 1.807) is 0 Å². The Morgan fingerprint density at radius 3 is 1.75 bits per heavy atom. The first-order valence-corrected chi connectivity index (χ1v) is 14.5. The molecule has 40 heavy (non-hydrogen) atoms. The van der Waals surface area contributed by atoms with E-state index in [0.29, 0.717) is 0 Å². The Morgan fingerprint density at radius 2 is 1.20 bits per heavy atom. The van der Waals surface area contributed by atoms with Crippen molar-refractivity contribution in [3.05, 3.63) is 113 Å². The molecule has 0 fully saturated rings. The zero-order valence-corrected chi connectivity index (χ0v) is 24.1. The number of rotatable bonds is 7. The van der Waals surface area contributed by atoms with Crippen molar-refractivity contribution >= 4 is 23.0 Å². The second kappa shape index (κ2) is 10.1. The number of carbonyl (C=O) groups is 1. The van der Waals surface area contributed by atoms with Gasteiger partial charge >= 0.3 is 0 Å². The average Bonchev–Trinajstić information content (AvgIpc) is 3.23. The fraction of sp³-hybridized carbons (Fsp3) is 0.286. The van der Waals surface area contributed by atoms with Crippen LogP contribution in [0.4, 0.5) is 17.1 Å². The lowest BCUT2D eigenvalue weighted by Crippen LogP contribution is -2.48. The summed E-state index contributed by atoms with van der Waals surface area (Å²) in [5, 5.41) is 0. The Labute approximate surface area is 237 Å². The number of benzene rings is 4. The first-order valence-electron chi connectivity index (χ1n) is 14.5. The van der Waals surface area contributed by atoms with Crippen molar-refractivity contribution in [3.8, 4) is 11.5 Å². The first-order chi connectivity index (χ1) is 19.5. The van der Waals surface area contributed by atoms with Crippen molar-refractivity contribution in [2.24, 2.45) is 0 Å². The number of anilines is 3. The molecule has 0 saturated carbocycles. The second-order valence-electron chi connectivity index (χ2n) is 10.5. The van der Waals surface area contributed by atoms with E-state index < -0.39 is 5.54 Å². The number of aryl methyl sites for hydroxylation is 1. The minimum atomic E-state index is -0.869. The van der Waals surface area contributed by atoms with E-state index in [2.05, 4.69) is 99.0 Å². The highest BCUT2D eigenvalue weighted by molar-refractivity contribution is 6.14. The Morgan fingerprint density at radius 1 is 0.675 bits per heavy atom. The third kappa shape index (κ3) is 3.64. The van der Waals surface area contributed by atoms with Crippen LogP contribution in [0.2, 0.25) is 0 Å². The number of hydrogen-bond acceptors (Lipinski definition) is 4. The quantitative estimate of drug-likeness (QED) is 0.244. The van der Waals surface area contributed by atoms with Crippen molar-refractivity contribution < 1.29 is 9.53 Å². The molecule has 2 aliphatic rings. The van der Waals surface area contributed by atoms with Gasteiger partial charge in [-0.1, -0.05) is 48.5 Å². The number of carbonyl (C=O) groups excluding carboxylic acids is 1. The lowest BCUT2D eigenvalue weighted by atomic mass is 9.74. The molecule has 0 saturated heterocycles. The van der Waals surface area contributed by atoms with Gasteiger partial charge in [-0.05, 0) is 64.4 Å². The molecule has 204 valence electrons. The van der Waals surface area contributed by atoms with Gasteiger partial charge in [-0.2, -0.15) is 0 Å².